The molecular formula is C16H30N4O2. The van der Waals surface area contributed by atoms with Crippen molar-refractivity contribution in [3.63, 3.8) is 0 Å². The molecule has 0 saturated heterocycles. The van der Waals surface area contributed by atoms with Crippen LogP contribution in [-0.4, -0.2) is 44.0 Å². The predicted octanol–water partition coefficient (Wildman–Crippen LogP) is 2.21. The molecule has 0 aliphatic heterocycles. The molecule has 0 radical (unpaired) electrons. The first-order chi connectivity index (χ1) is 10.7. The van der Waals surface area contributed by atoms with Crippen LogP contribution in [-0.2, 0) is 11.2 Å². The van der Waals surface area contributed by atoms with E-state index >= 15 is 0 Å². The zero-order chi connectivity index (χ0) is 16.2. The fraction of sp³-hybridized carbons (Fsp3) is 0.750. The summed E-state index contributed by atoms with van der Waals surface area (Å²) in [5.41, 5.74) is 2.15. The van der Waals surface area contributed by atoms with Crippen LogP contribution in [0, 0.1) is 13.8 Å². The molecule has 0 fully saturated rings. The topological polar surface area (TPSA) is 71.7 Å². The number of rotatable bonds is 10. The van der Waals surface area contributed by atoms with Crippen molar-refractivity contribution in [1.29, 1.82) is 0 Å². The third kappa shape index (κ3) is 6.93. The number of guanidine groups is 1. The maximum Gasteiger partial charge on any atom is 0.191 e. The molecule has 0 saturated carbocycles. The summed E-state index contributed by atoms with van der Waals surface area (Å²) in [5, 5.41) is 10.6. The van der Waals surface area contributed by atoms with Crippen molar-refractivity contribution < 1.29 is 9.26 Å². The third-order valence-electron chi connectivity index (χ3n) is 3.36. The van der Waals surface area contributed by atoms with Gasteiger partial charge in [-0.2, -0.15) is 0 Å². The lowest BCUT2D eigenvalue weighted by molar-refractivity contribution is 0.144. The van der Waals surface area contributed by atoms with Gasteiger partial charge in [0.1, 0.15) is 5.76 Å². The van der Waals surface area contributed by atoms with E-state index in [1.807, 2.05) is 20.8 Å². The van der Waals surface area contributed by atoms with E-state index in [1.54, 1.807) is 0 Å². The van der Waals surface area contributed by atoms with Crippen molar-refractivity contribution in [2.24, 2.45) is 4.99 Å². The van der Waals surface area contributed by atoms with Gasteiger partial charge in [0.2, 0.25) is 0 Å². The normalized spacial score (nSPS) is 11.7. The molecule has 6 heteroatoms. The Morgan fingerprint density at radius 1 is 1.23 bits per heavy atom. The highest BCUT2D eigenvalue weighted by Crippen LogP contribution is 2.11. The molecular weight excluding hydrogens is 280 g/mol. The molecule has 1 aromatic heterocycles. The number of nitrogens with zero attached hydrogens (tertiary/aromatic N) is 2. The largest absolute Gasteiger partial charge is 0.382 e. The summed E-state index contributed by atoms with van der Waals surface area (Å²) in [5.74, 6) is 1.77. The highest BCUT2D eigenvalue weighted by Gasteiger charge is 2.08. The molecule has 0 aliphatic carbocycles. The average molecular weight is 310 g/mol. The number of ether oxygens (including phenoxy) is 1. The number of hydrogen-bond donors (Lipinski definition) is 2. The molecule has 0 bridgehead atoms. The number of aromatic nitrogens is 1. The molecule has 0 atom stereocenters. The quantitative estimate of drug-likeness (QED) is 0.394. The average Bonchev–Trinajstić information content (AvgIpc) is 2.82. The molecule has 2 N–H and O–H groups in total. The maximum absolute atomic E-state index is 5.32. The summed E-state index contributed by atoms with van der Waals surface area (Å²) < 4.78 is 10.5. The molecule has 126 valence electrons. The predicted molar refractivity (Wildman–Crippen MR) is 89.4 cm³/mol. The van der Waals surface area contributed by atoms with Crippen LogP contribution in [0.15, 0.2) is 9.52 Å². The van der Waals surface area contributed by atoms with Crippen molar-refractivity contribution in [2.45, 2.75) is 47.0 Å². The second-order valence-electron chi connectivity index (χ2n) is 5.14. The summed E-state index contributed by atoms with van der Waals surface area (Å²) in [4.78, 5) is 4.57. The monoisotopic (exact) mass is 310 g/mol. The van der Waals surface area contributed by atoms with E-state index < -0.39 is 0 Å². The van der Waals surface area contributed by atoms with Gasteiger partial charge in [0.15, 0.2) is 5.96 Å². The fourth-order valence-corrected chi connectivity index (χ4v) is 2.16. The van der Waals surface area contributed by atoms with E-state index in [1.165, 1.54) is 5.56 Å². The van der Waals surface area contributed by atoms with Gasteiger partial charge in [-0.1, -0.05) is 5.16 Å². The van der Waals surface area contributed by atoms with Gasteiger partial charge in [-0.25, -0.2) is 0 Å². The van der Waals surface area contributed by atoms with Crippen molar-refractivity contribution in [3.8, 4) is 0 Å². The summed E-state index contributed by atoms with van der Waals surface area (Å²) in [6.45, 7) is 12.1. The van der Waals surface area contributed by atoms with Crippen LogP contribution in [0.5, 0.6) is 0 Å². The third-order valence-corrected chi connectivity index (χ3v) is 3.36. The summed E-state index contributed by atoms with van der Waals surface area (Å²) in [6.07, 6.45) is 2.98. The molecule has 0 unspecified atom stereocenters. The van der Waals surface area contributed by atoms with E-state index in [0.717, 1.165) is 69.5 Å². The van der Waals surface area contributed by atoms with Crippen molar-refractivity contribution in [1.82, 2.24) is 15.8 Å². The first-order valence-electron chi connectivity index (χ1n) is 8.20. The number of aryl methyl sites for hydroxylation is 2. The van der Waals surface area contributed by atoms with Crippen LogP contribution in [0.2, 0.25) is 0 Å². The highest BCUT2D eigenvalue weighted by molar-refractivity contribution is 5.79. The molecule has 0 amide bonds. The lowest BCUT2D eigenvalue weighted by atomic mass is 10.1. The van der Waals surface area contributed by atoms with Crippen LogP contribution < -0.4 is 10.6 Å². The van der Waals surface area contributed by atoms with Gasteiger partial charge in [-0.15, -0.1) is 0 Å². The van der Waals surface area contributed by atoms with Crippen LogP contribution >= 0.6 is 0 Å². The Kier molecular flexibility index (Phi) is 9.30. The maximum atomic E-state index is 5.32. The molecule has 1 rings (SSSR count). The molecule has 1 heterocycles. The Bertz CT molecular complexity index is 424. The van der Waals surface area contributed by atoms with Gasteiger partial charge in [0, 0.05) is 38.4 Å². The second kappa shape index (κ2) is 11.1. The van der Waals surface area contributed by atoms with Gasteiger partial charge >= 0.3 is 0 Å². The van der Waals surface area contributed by atoms with Gasteiger partial charge in [0.25, 0.3) is 0 Å². The summed E-state index contributed by atoms with van der Waals surface area (Å²) in [7, 11) is 0. The van der Waals surface area contributed by atoms with Gasteiger partial charge in [0.05, 0.1) is 5.69 Å². The Hall–Kier alpha value is -1.56. The number of hydrogen-bond acceptors (Lipinski definition) is 4. The van der Waals surface area contributed by atoms with Gasteiger partial charge in [-0.3, -0.25) is 4.99 Å². The van der Waals surface area contributed by atoms with Gasteiger partial charge < -0.3 is 19.9 Å². The van der Waals surface area contributed by atoms with E-state index in [9.17, 15) is 0 Å². The van der Waals surface area contributed by atoms with Crippen molar-refractivity contribution in [2.75, 3.05) is 32.8 Å². The van der Waals surface area contributed by atoms with Crippen LogP contribution in [0.4, 0.5) is 0 Å². The summed E-state index contributed by atoms with van der Waals surface area (Å²) >= 11 is 0. The van der Waals surface area contributed by atoms with Crippen LogP contribution in [0.25, 0.3) is 0 Å². The SMILES string of the molecule is CCNC(=NCCCCOCC)NCCc1c(C)noc1C. The first kappa shape index (κ1) is 18.5. The molecule has 6 nitrogen and oxygen atoms in total. The van der Waals surface area contributed by atoms with E-state index in [0.29, 0.717) is 0 Å². The minimum absolute atomic E-state index is 0.787. The second-order valence-corrected chi connectivity index (χ2v) is 5.14. The molecule has 0 aromatic carbocycles. The fourth-order valence-electron chi connectivity index (χ4n) is 2.16. The molecule has 0 aliphatic rings. The standard InChI is InChI=1S/C16H30N4O2/c1-5-17-16(18-10-7-8-12-21-6-2)19-11-9-15-13(3)20-22-14(15)4/h5-12H2,1-4H3,(H2,17,18,19). The lowest BCUT2D eigenvalue weighted by Crippen LogP contribution is -2.38. The molecule has 1 aromatic rings. The smallest absolute Gasteiger partial charge is 0.191 e. The molecule has 22 heavy (non-hydrogen) atoms. The van der Waals surface area contributed by atoms with Crippen molar-refractivity contribution in [3.05, 3.63) is 17.0 Å². The van der Waals surface area contributed by atoms with E-state index in [-0.39, 0.29) is 0 Å². The Morgan fingerprint density at radius 3 is 2.68 bits per heavy atom. The lowest BCUT2D eigenvalue weighted by Gasteiger charge is -2.11. The zero-order valence-electron chi connectivity index (χ0n) is 14.4. The van der Waals surface area contributed by atoms with Gasteiger partial charge in [-0.05, 0) is 47.0 Å². The summed E-state index contributed by atoms with van der Waals surface area (Å²) in [6, 6.07) is 0. The highest BCUT2D eigenvalue weighted by atomic mass is 16.5. The number of nitrogens with one attached hydrogen (secondary N) is 2. The Labute approximate surface area is 133 Å². The Morgan fingerprint density at radius 2 is 2.05 bits per heavy atom. The van der Waals surface area contributed by atoms with Crippen molar-refractivity contribution >= 4 is 5.96 Å². The molecule has 0 spiro atoms. The van der Waals surface area contributed by atoms with Crippen LogP contribution in [0.3, 0.4) is 0 Å². The zero-order valence-corrected chi connectivity index (χ0v) is 14.4. The van der Waals surface area contributed by atoms with Crippen LogP contribution in [0.1, 0.15) is 43.7 Å². The Balaban J connectivity index is 2.31. The van der Waals surface area contributed by atoms with E-state index in [4.69, 9.17) is 9.26 Å². The first-order valence-corrected chi connectivity index (χ1v) is 8.20. The van der Waals surface area contributed by atoms with E-state index in [2.05, 4.69) is 27.7 Å². The minimum Gasteiger partial charge on any atom is -0.382 e. The number of unbranched alkanes of at least 4 members (excludes halogenated alkanes) is 1. The number of aliphatic imine (C=N–C) groups is 1. The minimum atomic E-state index is 0.787.